The van der Waals surface area contributed by atoms with Gasteiger partial charge in [-0.05, 0) is 38.1 Å². The van der Waals surface area contributed by atoms with Gasteiger partial charge in [0.1, 0.15) is 5.58 Å². The zero-order chi connectivity index (χ0) is 17.6. The molecule has 1 aromatic heterocycles. The molecule has 0 saturated carbocycles. The van der Waals surface area contributed by atoms with Crippen molar-refractivity contribution in [3.8, 4) is 0 Å². The highest BCUT2D eigenvalue weighted by atomic mass is 16.5. The summed E-state index contributed by atoms with van der Waals surface area (Å²) in [6.45, 7) is 8.14. The molecule has 0 radical (unpaired) electrons. The van der Waals surface area contributed by atoms with Gasteiger partial charge in [-0.25, -0.2) is 0 Å². The van der Waals surface area contributed by atoms with E-state index in [-0.39, 0.29) is 5.91 Å². The zero-order valence-electron chi connectivity index (χ0n) is 15.2. The molecule has 25 heavy (non-hydrogen) atoms. The van der Waals surface area contributed by atoms with Crippen LogP contribution < -0.4 is 0 Å². The van der Waals surface area contributed by atoms with Crippen molar-refractivity contribution >= 4 is 16.9 Å². The zero-order valence-corrected chi connectivity index (χ0v) is 15.2. The number of benzene rings is 1. The number of hydrogen-bond acceptors (Lipinski definition) is 4. The van der Waals surface area contributed by atoms with Gasteiger partial charge in [-0.1, -0.05) is 6.07 Å². The minimum absolute atomic E-state index is 0.190. The molecule has 2 saturated heterocycles. The number of rotatable bonds is 2. The summed E-state index contributed by atoms with van der Waals surface area (Å²) >= 11 is 0. The van der Waals surface area contributed by atoms with Gasteiger partial charge in [-0.2, -0.15) is 0 Å². The monoisotopic (exact) mass is 342 g/mol. The lowest BCUT2D eigenvalue weighted by molar-refractivity contribution is -0.132. The molecule has 0 unspecified atom stereocenters. The summed E-state index contributed by atoms with van der Waals surface area (Å²) < 4.78 is 11.5. The molecule has 1 aromatic carbocycles. The van der Waals surface area contributed by atoms with Crippen molar-refractivity contribution in [3.63, 3.8) is 0 Å². The first-order valence-corrected chi connectivity index (χ1v) is 9.04. The molecular weight excluding hydrogens is 316 g/mol. The van der Waals surface area contributed by atoms with Gasteiger partial charge in [0.2, 0.25) is 5.91 Å². The molecule has 2 bridgehead atoms. The second-order valence-electron chi connectivity index (χ2n) is 7.69. The first kappa shape index (κ1) is 16.6. The lowest BCUT2D eigenvalue weighted by Crippen LogP contribution is -2.45. The third-order valence-corrected chi connectivity index (χ3v) is 5.53. The second-order valence-corrected chi connectivity index (χ2v) is 7.69. The van der Waals surface area contributed by atoms with E-state index in [1.54, 1.807) is 6.26 Å². The van der Waals surface area contributed by atoms with Gasteiger partial charge in [0, 0.05) is 36.5 Å². The van der Waals surface area contributed by atoms with Crippen LogP contribution in [0.1, 0.15) is 16.7 Å². The highest BCUT2D eigenvalue weighted by Gasteiger charge is 2.33. The van der Waals surface area contributed by atoms with Gasteiger partial charge in [-0.15, -0.1) is 0 Å². The molecule has 0 spiro atoms. The average molecular weight is 342 g/mol. The van der Waals surface area contributed by atoms with Gasteiger partial charge < -0.3 is 14.1 Å². The van der Waals surface area contributed by atoms with E-state index in [1.165, 1.54) is 11.1 Å². The molecule has 5 heteroatoms. The fourth-order valence-corrected chi connectivity index (χ4v) is 4.29. The summed E-state index contributed by atoms with van der Waals surface area (Å²) in [7, 11) is 2.13. The molecule has 134 valence electrons. The van der Waals surface area contributed by atoms with Crippen molar-refractivity contribution in [1.29, 1.82) is 0 Å². The summed E-state index contributed by atoms with van der Waals surface area (Å²) in [5.74, 6) is 0.585. The van der Waals surface area contributed by atoms with Crippen molar-refractivity contribution in [2.24, 2.45) is 5.92 Å². The van der Waals surface area contributed by atoms with Crippen LogP contribution in [0.25, 0.3) is 11.0 Å². The van der Waals surface area contributed by atoms with Crippen molar-refractivity contribution in [2.45, 2.75) is 26.3 Å². The molecule has 2 aliphatic heterocycles. The van der Waals surface area contributed by atoms with Crippen LogP contribution in [0.5, 0.6) is 0 Å². The molecule has 3 heterocycles. The highest BCUT2D eigenvalue weighted by Crippen LogP contribution is 2.27. The number of carbonyl (C=O) groups is 1. The largest absolute Gasteiger partial charge is 0.464 e. The number of aryl methyl sites for hydroxylation is 2. The van der Waals surface area contributed by atoms with Crippen LogP contribution >= 0.6 is 0 Å². The molecule has 5 nitrogen and oxygen atoms in total. The van der Waals surface area contributed by atoms with Crippen LogP contribution in [-0.2, 0) is 16.0 Å². The average Bonchev–Trinajstić information content (AvgIpc) is 2.74. The van der Waals surface area contributed by atoms with Crippen molar-refractivity contribution in [2.75, 3.05) is 39.9 Å². The van der Waals surface area contributed by atoms with E-state index in [2.05, 4.69) is 31.9 Å². The highest BCUT2D eigenvalue weighted by molar-refractivity contribution is 5.90. The lowest BCUT2D eigenvalue weighted by Gasteiger charge is -2.29. The Kier molecular flexibility index (Phi) is 4.29. The standard InChI is InChI=1S/C20H26N2O3/c1-13-4-14(2)20-16(11-25-18(20)5-13)6-19(23)22-8-15-7-21(3)17(9-22)12-24-10-15/h4-5,11,15,17H,6-10,12H2,1-3H3/t15-,17+/m1/s1. The van der Waals surface area contributed by atoms with E-state index in [4.69, 9.17) is 9.15 Å². The van der Waals surface area contributed by atoms with E-state index in [0.29, 0.717) is 25.0 Å². The maximum Gasteiger partial charge on any atom is 0.227 e. The number of fused-ring (bicyclic) bond motifs is 4. The van der Waals surface area contributed by atoms with Gasteiger partial charge in [0.05, 0.1) is 31.9 Å². The Balaban J connectivity index is 1.56. The summed E-state index contributed by atoms with van der Waals surface area (Å²) in [4.78, 5) is 17.4. The first-order valence-electron chi connectivity index (χ1n) is 9.04. The minimum Gasteiger partial charge on any atom is -0.464 e. The van der Waals surface area contributed by atoms with E-state index >= 15 is 0 Å². The number of furan rings is 1. The van der Waals surface area contributed by atoms with Crippen LogP contribution in [-0.4, -0.2) is 61.6 Å². The maximum absolute atomic E-state index is 13.0. The summed E-state index contributed by atoms with van der Waals surface area (Å²) in [6, 6.07) is 4.48. The first-order chi connectivity index (χ1) is 12.0. The van der Waals surface area contributed by atoms with Gasteiger partial charge in [-0.3, -0.25) is 9.69 Å². The van der Waals surface area contributed by atoms with Crippen molar-refractivity contribution < 1.29 is 13.9 Å². The number of carbonyl (C=O) groups excluding carboxylic acids is 1. The second kappa shape index (κ2) is 6.46. The van der Waals surface area contributed by atoms with E-state index in [0.717, 1.165) is 42.8 Å². The number of hydrogen-bond donors (Lipinski definition) is 0. The third-order valence-electron chi connectivity index (χ3n) is 5.53. The fourth-order valence-electron chi connectivity index (χ4n) is 4.29. The Labute approximate surface area is 148 Å². The summed E-state index contributed by atoms with van der Waals surface area (Å²) in [5.41, 5.74) is 4.23. The molecular formula is C20H26N2O3. The molecule has 2 aliphatic rings. The minimum atomic E-state index is 0.190. The molecule has 4 rings (SSSR count). The predicted molar refractivity (Wildman–Crippen MR) is 96.7 cm³/mol. The van der Waals surface area contributed by atoms with Crippen LogP contribution in [0.3, 0.4) is 0 Å². The number of likely N-dealkylation sites (N-methyl/N-ethyl adjacent to an activating group) is 1. The normalized spacial score (nSPS) is 24.5. The van der Waals surface area contributed by atoms with E-state index in [1.807, 2.05) is 11.0 Å². The fraction of sp³-hybridized carbons (Fsp3) is 0.550. The summed E-state index contributed by atoms with van der Waals surface area (Å²) in [5, 5.41) is 1.09. The van der Waals surface area contributed by atoms with Crippen LogP contribution in [0, 0.1) is 19.8 Å². The van der Waals surface area contributed by atoms with Crippen molar-refractivity contribution in [3.05, 3.63) is 35.1 Å². The number of nitrogens with zero attached hydrogens (tertiary/aromatic N) is 2. The molecule has 2 fully saturated rings. The quantitative estimate of drug-likeness (QED) is 0.841. The molecule has 2 aromatic rings. The molecule has 1 amide bonds. The summed E-state index contributed by atoms with van der Waals surface area (Å²) in [6.07, 6.45) is 2.16. The Hall–Kier alpha value is -1.85. The Bertz CT molecular complexity index is 798. The third kappa shape index (κ3) is 3.18. The van der Waals surface area contributed by atoms with Crippen LogP contribution in [0.4, 0.5) is 0 Å². The number of ether oxygens (including phenoxy) is 1. The van der Waals surface area contributed by atoms with Gasteiger partial charge >= 0.3 is 0 Å². The Morgan fingerprint density at radius 3 is 2.88 bits per heavy atom. The topological polar surface area (TPSA) is 45.9 Å². The number of amides is 1. The molecule has 0 aliphatic carbocycles. The van der Waals surface area contributed by atoms with Crippen molar-refractivity contribution in [1.82, 2.24) is 9.80 Å². The van der Waals surface area contributed by atoms with Gasteiger partial charge in [0.15, 0.2) is 0 Å². The SMILES string of the molecule is Cc1cc(C)c2c(CC(=O)N3C[C@@H]4COC[C@H](C3)N(C)C4)coc2c1. The van der Waals surface area contributed by atoms with Crippen LogP contribution in [0.15, 0.2) is 22.8 Å². The van der Waals surface area contributed by atoms with E-state index in [9.17, 15) is 4.79 Å². The molecule has 0 N–H and O–H groups in total. The van der Waals surface area contributed by atoms with Gasteiger partial charge in [0.25, 0.3) is 0 Å². The Morgan fingerprint density at radius 2 is 2.04 bits per heavy atom. The maximum atomic E-state index is 13.0. The van der Waals surface area contributed by atoms with E-state index < -0.39 is 0 Å². The lowest BCUT2D eigenvalue weighted by atomic mass is 10.0. The predicted octanol–water partition coefficient (Wildman–Crippen LogP) is 2.38. The smallest absolute Gasteiger partial charge is 0.227 e. The molecule has 2 atom stereocenters. The van der Waals surface area contributed by atoms with Crippen LogP contribution in [0.2, 0.25) is 0 Å². The Morgan fingerprint density at radius 1 is 1.20 bits per heavy atom.